The van der Waals surface area contributed by atoms with Crippen molar-refractivity contribution in [2.45, 2.75) is 6.54 Å². The average Bonchev–Trinajstić information content (AvgIpc) is 3.16. The summed E-state index contributed by atoms with van der Waals surface area (Å²) < 4.78 is 5.18. The third-order valence-electron chi connectivity index (χ3n) is 3.39. The fourth-order valence-electron chi connectivity index (χ4n) is 2.34. The highest BCUT2D eigenvalue weighted by atomic mass is 35.5. The number of hydrogen-bond acceptors (Lipinski definition) is 6. The van der Waals surface area contributed by atoms with E-state index in [2.05, 4.69) is 9.98 Å². The van der Waals surface area contributed by atoms with Crippen LogP contribution in [0.3, 0.4) is 0 Å². The molecule has 3 heterocycles. The fourth-order valence-corrected chi connectivity index (χ4v) is 2.60. The van der Waals surface area contributed by atoms with Crippen molar-refractivity contribution in [2.75, 3.05) is 13.1 Å². The maximum absolute atomic E-state index is 11.5. The second-order valence-corrected chi connectivity index (χ2v) is 5.80. The zero-order valence-electron chi connectivity index (χ0n) is 12.4. The molecule has 7 nitrogen and oxygen atoms in total. The Hall–Kier alpha value is -2.38. The second-order valence-electron chi connectivity index (χ2n) is 5.04. The van der Waals surface area contributed by atoms with Crippen LogP contribution in [-0.4, -0.2) is 33.7 Å². The Morgan fingerprint density at radius 1 is 1.38 bits per heavy atom. The number of nitrogens with zero attached hydrogens (tertiary/aromatic N) is 4. The summed E-state index contributed by atoms with van der Waals surface area (Å²) in [6.45, 7) is 1.52. The van der Waals surface area contributed by atoms with Crippen molar-refractivity contribution in [3.8, 4) is 0 Å². The van der Waals surface area contributed by atoms with E-state index in [0.717, 1.165) is 5.56 Å². The molecular formula is C15H12Cl2N4O3. The van der Waals surface area contributed by atoms with Crippen LogP contribution in [0.4, 0.5) is 0 Å². The van der Waals surface area contributed by atoms with E-state index >= 15 is 0 Å². The van der Waals surface area contributed by atoms with Crippen LogP contribution in [0.2, 0.25) is 10.4 Å². The summed E-state index contributed by atoms with van der Waals surface area (Å²) in [5, 5.41) is 12.0. The number of pyridine rings is 1. The summed E-state index contributed by atoms with van der Waals surface area (Å²) in [5.41, 5.74) is 0.748. The Morgan fingerprint density at radius 3 is 2.83 bits per heavy atom. The van der Waals surface area contributed by atoms with Crippen molar-refractivity contribution in [1.29, 1.82) is 0 Å². The number of hydrogen-bond donors (Lipinski definition) is 0. The minimum absolute atomic E-state index is 0.138. The molecule has 0 radical (unpaired) electrons. The minimum Gasteiger partial charge on any atom is -0.445 e. The van der Waals surface area contributed by atoms with Crippen LogP contribution < -0.4 is 0 Å². The van der Waals surface area contributed by atoms with E-state index in [9.17, 15) is 10.1 Å². The van der Waals surface area contributed by atoms with E-state index in [1.807, 2.05) is 11.0 Å². The number of aliphatic imine (C=N–C) groups is 1. The number of amidine groups is 1. The summed E-state index contributed by atoms with van der Waals surface area (Å²) >= 11 is 11.5. The topological polar surface area (TPSA) is 84.8 Å². The summed E-state index contributed by atoms with van der Waals surface area (Å²) in [7, 11) is 0. The molecule has 0 saturated heterocycles. The monoisotopic (exact) mass is 366 g/mol. The highest BCUT2D eigenvalue weighted by Gasteiger charge is 2.29. The molecule has 0 unspecified atom stereocenters. The molecule has 2 aromatic heterocycles. The summed E-state index contributed by atoms with van der Waals surface area (Å²) in [6.07, 6.45) is 2.96. The Labute approximate surface area is 147 Å². The number of furan rings is 1. The Kier molecular flexibility index (Phi) is 4.82. The molecule has 0 amide bonds. The van der Waals surface area contributed by atoms with Crippen LogP contribution in [0.5, 0.6) is 0 Å². The molecule has 1 aliphatic rings. The Morgan fingerprint density at radius 2 is 2.21 bits per heavy atom. The molecule has 124 valence electrons. The van der Waals surface area contributed by atoms with Gasteiger partial charge in [-0.3, -0.25) is 15.1 Å². The summed E-state index contributed by atoms with van der Waals surface area (Å²) in [5.74, 6) is 0.608. The quantitative estimate of drug-likeness (QED) is 0.459. The highest BCUT2D eigenvalue weighted by molar-refractivity contribution is 6.29. The van der Waals surface area contributed by atoms with E-state index < -0.39 is 4.92 Å². The lowest BCUT2D eigenvalue weighted by Crippen LogP contribution is -2.30. The van der Waals surface area contributed by atoms with Gasteiger partial charge in [0.2, 0.25) is 5.84 Å². The minimum atomic E-state index is -0.478. The van der Waals surface area contributed by atoms with Gasteiger partial charge in [0.05, 0.1) is 17.5 Å². The van der Waals surface area contributed by atoms with Crippen molar-refractivity contribution < 1.29 is 9.34 Å². The van der Waals surface area contributed by atoms with Crippen LogP contribution >= 0.6 is 23.2 Å². The van der Waals surface area contributed by atoms with Gasteiger partial charge in [-0.2, -0.15) is 0 Å². The number of aromatic nitrogens is 1. The fraction of sp³-hybridized carbons (Fsp3) is 0.200. The van der Waals surface area contributed by atoms with Crippen LogP contribution in [0, 0.1) is 10.1 Å². The lowest BCUT2D eigenvalue weighted by molar-refractivity contribution is -0.414. The predicted molar refractivity (Wildman–Crippen MR) is 90.6 cm³/mol. The zero-order chi connectivity index (χ0) is 17.1. The maximum atomic E-state index is 11.5. The molecule has 0 bridgehead atoms. The van der Waals surface area contributed by atoms with Gasteiger partial charge in [0.25, 0.3) is 0 Å². The Bertz CT molecular complexity index is 814. The van der Waals surface area contributed by atoms with Crippen molar-refractivity contribution in [3.05, 3.63) is 68.0 Å². The zero-order valence-corrected chi connectivity index (χ0v) is 13.9. The van der Waals surface area contributed by atoms with Gasteiger partial charge in [0, 0.05) is 19.3 Å². The number of halogens is 2. The van der Waals surface area contributed by atoms with E-state index in [0.29, 0.717) is 36.4 Å². The molecular weight excluding hydrogens is 355 g/mol. The van der Waals surface area contributed by atoms with Crippen molar-refractivity contribution in [2.24, 2.45) is 4.99 Å². The molecule has 0 fully saturated rings. The van der Waals surface area contributed by atoms with Gasteiger partial charge in [0.15, 0.2) is 5.22 Å². The molecule has 2 aromatic rings. The Balaban J connectivity index is 1.85. The van der Waals surface area contributed by atoms with E-state index in [1.54, 1.807) is 18.3 Å². The van der Waals surface area contributed by atoms with Gasteiger partial charge in [0.1, 0.15) is 10.9 Å². The number of rotatable bonds is 5. The van der Waals surface area contributed by atoms with Gasteiger partial charge >= 0.3 is 5.70 Å². The van der Waals surface area contributed by atoms with Crippen LogP contribution in [-0.2, 0) is 6.54 Å². The maximum Gasteiger partial charge on any atom is 0.314 e. The van der Waals surface area contributed by atoms with Gasteiger partial charge < -0.3 is 9.32 Å². The first-order valence-electron chi connectivity index (χ1n) is 7.04. The largest absolute Gasteiger partial charge is 0.445 e. The van der Waals surface area contributed by atoms with Crippen molar-refractivity contribution in [3.63, 3.8) is 0 Å². The van der Waals surface area contributed by atoms with Crippen molar-refractivity contribution in [1.82, 2.24) is 9.88 Å². The first-order chi connectivity index (χ1) is 11.5. The lowest BCUT2D eigenvalue weighted by Gasteiger charge is -2.18. The van der Waals surface area contributed by atoms with Gasteiger partial charge in [-0.25, -0.2) is 4.98 Å². The first-order valence-corrected chi connectivity index (χ1v) is 7.80. The van der Waals surface area contributed by atoms with Gasteiger partial charge in [-0.05, 0) is 35.4 Å². The van der Waals surface area contributed by atoms with E-state index in [1.165, 1.54) is 12.1 Å². The summed E-state index contributed by atoms with van der Waals surface area (Å²) in [6, 6.07) is 6.60. The van der Waals surface area contributed by atoms with Gasteiger partial charge in [-0.15, -0.1) is 0 Å². The standard InChI is InChI=1S/C15H12Cl2N4O3/c16-13-3-1-10(8-19-13)9-20-6-5-18-15(20)12(21(22)23)7-11-2-4-14(17)24-11/h1-4,7-8H,5-6,9H2/b12-7-. The third-order valence-corrected chi connectivity index (χ3v) is 3.82. The van der Waals surface area contributed by atoms with E-state index in [4.69, 9.17) is 27.6 Å². The van der Waals surface area contributed by atoms with Crippen LogP contribution in [0.25, 0.3) is 6.08 Å². The molecule has 1 aliphatic heterocycles. The van der Waals surface area contributed by atoms with Gasteiger partial charge in [-0.1, -0.05) is 17.7 Å². The number of nitro groups is 1. The SMILES string of the molecule is O=[N+]([O-])/C(=C\c1ccc(Cl)o1)C1=NCCN1Cc1ccc(Cl)nc1. The summed E-state index contributed by atoms with van der Waals surface area (Å²) in [4.78, 5) is 21.1. The molecule has 0 aliphatic carbocycles. The molecule has 24 heavy (non-hydrogen) atoms. The first kappa shape index (κ1) is 16.5. The predicted octanol–water partition coefficient (Wildman–Crippen LogP) is 3.51. The van der Waals surface area contributed by atoms with E-state index in [-0.39, 0.29) is 10.9 Å². The molecule has 0 aromatic carbocycles. The smallest absolute Gasteiger partial charge is 0.314 e. The molecule has 0 atom stereocenters. The second kappa shape index (κ2) is 7.02. The highest BCUT2D eigenvalue weighted by Crippen LogP contribution is 2.20. The molecule has 9 heteroatoms. The normalized spacial score (nSPS) is 14.8. The molecule has 0 spiro atoms. The van der Waals surface area contributed by atoms with Crippen molar-refractivity contribution >= 4 is 35.1 Å². The average molecular weight is 367 g/mol. The molecule has 0 N–H and O–H groups in total. The third kappa shape index (κ3) is 3.74. The van der Waals surface area contributed by atoms with Crippen LogP contribution in [0.15, 0.2) is 45.6 Å². The lowest BCUT2D eigenvalue weighted by atomic mass is 10.2. The molecule has 0 saturated carbocycles. The van der Waals surface area contributed by atoms with Crippen LogP contribution in [0.1, 0.15) is 11.3 Å². The molecule has 3 rings (SSSR count).